The quantitative estimate of drug-likeness (QED) is 0.777. The summed E-state index contributed by atoms with van der Waals surface area (Å²) < 4.78 is 32.0. The zero-order valence-corrected chi connectivity index (χ0v) is 15.6. The lowest BCUT2D eigenvalue weighted by molar-refractivity contribution is -0.116. The summed E-state index contributed by atoms with van der Waals surface area (Å²) >= 11 is 1.84. The minimum absolute atomic E-state index is 0.110. The molecule has 0 radical (unpaired) electrons. The van der Waals surface area contributed by atoms with E-state index in [0.717, 1.165) is 18.1 Å². The van der Waals surface area contributed by atoms with Crippen LogP contribution in [-0.4, -0.2) is 69.0 Å². The van der Waals surface area contributed by atoms with Gasteiger partial charge in [0, 0.05) is 49.3 Å². The van der Waals surface area contributed by atoms with Crippen molar-refractivity contribution in [2.45, 2.75) is 17.4 Å². The first-order valence-corrected chi connectivity index (χ1v) is 10.9. The number of sulfonamides is 1. The van der Waals surface area contributed by atoms with Crippen LogP contribution in [0.1, 0.15) is 6.42 Å². The van der Waals surface area contributed by atoms with Gasteiger partial charge in [0.1, 0.15) is 0 Å². The Morgan fingerprint density at radius 1 is 1.36 bits per heavy atom. The Hall–Kier alpha value is -1.13. The largest absolute Gasteiger partial charge is 0.379 e. The predicted octanol–water partition coefficient (Wildman–Crippen LogP) is 0.741. The maximum atomic E-state index is 12.7. The maximum Gasteiger partial charge on any atom is 0.243 e. The van der Waals surface area contributed by atoms with Crippen molar-refractivity contribution < 1.29 is 17.9 Å². The highest BCUT2D eigenvalue weighted by Crippen LogP contribution is 2.21. The van der Waals surface area contributed by atoms with Gasteiger partial charge in [-0.15, -0.1) is 0 Å². The zero-order chi connectivity index (χ0) is 17.7. The standard InChI is InChI=1S/C16H23N3O4S2/c20-16(11-14-12-24-9-4-17-14)18-13-2-1-3-15(10-13)25(21,22)19-5-7-23-8-6-19/h1-3,10,14,17H,4-9,11-12H2,(H,18,20). The van der Waals surface area contributed by atoms with E-state index in [1.807, 2.05) is 11.8 Å². The van der Waals surface area contributed by atoms with Crippen LogP contribution in [0.4, 0.5) is 5.69 Å². The number of hydrogen-bond donors (Lipinski definition) is 2. The summed E-state index contributed by atoms with van der Waals surface area (Å²) in [6.45, 7) is 2.42. The molecule has 138 valence electrons. The lowest BCUT2D eigenvalue weighted by Gasteiger charge is -2.26. The van der Waals surface area contributed by atoms with Gasteiger partial charge >= 0.3 is 0 Å². The van der Waals surface area contributed by atoms with Crippen molar-refractivity contribution in [3.8, 4) is 0 Å². The number of hydrogen-bond acceptors (Lipinski definition) is 6. The van der Waals surface area contributed by atoms with Gasteiger partial charge in [0.25, 0.3) is 0 Å². The Morgan fingerprint density at radius 2 is 2.16 bits per heavy atom. The maximum absolute atomic E-state index is 12.7. The molecule has 1 unspecified atom stereocenters. The van der Waals surface area contributed by atoms with Gasteiger partial charge in [-0.05, 0) is 18.2 Å². The molecule has 1 atom stereocenters. The summed E-state index contributed by atoms with van der Waals surface area (Å²) in [5.74, 6) is 1.87. The first-order valence-electron chi connectivity index (χ1n) is 8.34. The number of nitrogens with zero attached hydrogens (tertiary/aromatic N) is 1. The second kappa shape index (κ2) is 8.50. The number of thioether (sulfide) groups is 1. The normalized spacial score (nSPS) is 22.5. The number of morpholine rings is 1. The average Bonchev–Trinajstić information content (AvgIpc) is 2.63. The molecule has 0 spiro atoms. The topological polar surface area (TPSA) is 87.7 Å². The molecule has 0 bridgehead atoms. The van der Waals surface area contributed by atoms with E-state index in [1.165, 1.54) is 10.4 Å². The zero-order valence-electron chi connectivity index (χ0n) is 13.9. The van der Waals surface area contributed by atoms with Crippen LogP contribution in [-0.2, 0) is 19.6 Å². The Kier molecular flexibility index (Phi) is 6.34. The fourth-order valence-corrected chi connectivity index (χ4v) is 5.26. The molecule has 2 aliphatic rings. The molecule has 1 aromatic carbocycles. The molecule has 0 aliphatic carbocycles. The number of anilines is 1. The summed E-state index contributed by atoms with van der Waals surface area (Å²) in [7, 11) is -3.56. The van der Waals surface area contributed by atoms with E-state index in [9.17, 15) is 13.2 Å². The Bertz CT molecular complexity index is 699. The number of nitrogens with one attached hydrogen (secondary N) is 2. The molecule has 0 aromatic heterocycles. The smallest absolute Gasteiger partial charge is 0.243 e. The SMILES string of the molecule is O=C(CC1CSCCN1)Nc1cccc(S(=O)(=O)N2CCOCC2)c1. The first kappa shape index (κ1) is 18.7. The molecule has 1 amide bonds. The van der Waals surface area contributed by atoms with Crippen molar-refractivity contribution in [2.75, 3.05) is 49.7 Å². The molecule has 9 heteroatoms. The first-order chi connectivity index (χ1) is 12.1. The monoisotopic (exact) mass is 385 g/mol. The molecule has 2 aliphatic heterocycles. The molecule has 2 heterocycles. The summed E-state index contributed by atoms with van der Waals surface area (Å²) in [5.41, 5.74) is 0.503. The summed E-state index contributed by atoms with van der Waals surface area (Å²) in [6, 6.07) is 6.60. The van der Waals surface area contributed by atoms with Crippen molar-refractivity contribution in [1.29, 1.82) is 0 Å². The van der Waals surface area contributed by atoms with Crippen molar-refractivity contribution in [1.82, 2.24) is 9.62 Å². The Balaban J connectivity index is 1.65. The summed E-state index contributed by atoms with van der Waals surface area (Å²) in [4.78, 5) is 12.4. The molecule has 1 aromatic rings. The van der Waals surface area contributed by atoms with Gasteiger partial charge in [0.05, 0.1) is 18.1 Å². The second-order valence-corrected chi connectivity index (χ2v) is 9.11. The Labute approximate surface area is 152 Å². The van der Waals surface area contributed by atoms with Gasteiger partial charge < -0.3 is 15.4 Å². The van der Waals surface area contributed by atoms with Crippen molar-refractivity contribution in [3.63, 3.8) is 0 Å². The molecule has 7 nitrogen and oxygen atoms in total. The van der Waals surface area contributed by atoms with E-state index in [0.29, 0.717) is 38.4 Å². The van der Waals surface area contributed by atoms with Gasteiger partial charge in [-0.3, -0.25) is 4.79 Å². The third-order valence-corrected chi connectivity index (χ3v) is 7.18. The molecule has 2 fully saturated rings. The molecule has 0 saturated carbocycles. The van der Waals surface area contributed by atoms with Gasteiger partial charge in [-0.1, -0.05) is 6.07 Å². The highest BCUT2D eigenvalue weighted by molar-refractivity contribution is 7.99. The summed E-state index contributed by atoms with van der Waals surface area (Å²) in [6.07, 6.45) is 0.382. The van der Waals surface area contributed by atoms with Crippen LogP contribution in [0.2, 0.25) is 0 Å². The van der Waals surface area contributed by atoms with Crippen LogP contribution < -0.4 is 10.6 Å². The van der Waals surface area contributed by atoms with Gasteiger partial charge in [0.2, 0.25) is 15.9 Å². The van der Waals surface area contributed by atoms with Crippen LogP contribution in [0.25, 0.3) is 0 Å². The number of carbonyl (C=O) groups excluding carboxylic acids is 1. The molecule has 2 N–H and O–H groups in total. The van der Waals surface area contributed by atoms with Gasteiger partial charge in [-0.25, -0.2) is 8.42 Å². The lowest BCUT2D eigenvalue weighted by Crippen LogP contribution is -2.40. The number of amides is 1. The fraction of sp³-hybridized carbons (Fsp3) is 0.562. The average molecular weight is 386 g/mol. The van der Waals surface area contributed by atoms with Crippen molar-refractivity contribution in [3.05, 3.63) is 24.3 Å². The van der Waals surface area contributed by atoms with E-state index in [-0.39, 0.29) is 16.8 Å². The van der Waals surface area contributed by atoms with E-state index in [1.54, 1.807) is 18.2 Å². The molecule has 3 rings (SSSR count). The minimum atomic E-state index is -3.56. The number of carbonyl (C=O) groups is 1. The third kappa shape index (κ3) is 4.95. The summed E-state index contributed by atoms with van der Waals surface area (Å²) in [5, 5.41) is 6.13. The van der Waals surface area contributed by atoms with Gasteiger partial charge in [0.15, 0.2) is 0 Å². The van der Waals surface area contributed by atoms with Crippen LogP contribution in [0.15, 0.2) is 29.2 Å². The van der Waals surface area contributed by atoms with E-state index >= 15 is 0 Å². The highest BCUT2D eigenvalue weighted by atomic mass is 32.2. The van der Waals surface area contributed by atoms with Crippen LogP contribution in [0.3, 0.4) is 0 Å². The van der Waals surface area contributed by atoms with Crippen molar-refractivity contribution in [2.24, 2.45) is 0 Å². The van der Waals surface area contributed by atoms with Crippen LogP contribution in [0, 0.1) is 0 Å². The minimum Gasteiger partial charge on any atom is -0.379 e. The Morgan fingerprint density at radius 3 is 2.88 bits per heavy atom. The molecule has 2 saturated heterocycles. The van der Waals surface area contributed by atoms with E-state index in [2.05, 4.69) is 10.6 Å². The second-order valence-electron chi connectivity index (χ2n) is 6.02. The third-order valence-electron chi connectivity index (χ3n) is 4.16. The number of ether oxygens (including phenoxy) is 1. The van der Waals surface area contributed by atoms with Gasteiger partial charge in [-0.2, -0.15) is 16.1 Å². The number of rotatable bonds is 5. The fourth-order valence-electron chi connectivity index (χ4n) is 2.86. The molecule has 25 heavy (non-hydrogen) atoms. The number of benzene rings is 1. The lowest BCUT2D eigenvalue weighted by atomic mass is 10.2. The van der Waals surface area contributed by atoms with Crippen LogP contribution >= 0.6 is 11.8 Å². The predicted molar refractivity (Wildman–Crippen MR) is 98.4 cm³/mol. The van der Waals surface area contributed by atoms with E-state index in [4.69, 9.17) is 4.74 Å². The molecular formula is C16H23N3O4S2. The molecular weight excluding hydrogens is 362 g/mol. The van der Waals surface area contributed by atoms with E-state index < -0.39 is 10.0 Å². The van der Waals surface area contributed by atoms with Crippen LogP contribution in [0.5, 0.6) is 0 Å². The highest BCUT2D eigenvalue weighted by Gasteiger charge is 2.26. The van der Waals surface area contributed by atoms with Crippen molar-refractivity contribution >= 4 is 33.4 Å².